The normalized spacial score (nSPS) is 11.5. The summed E-state index contributed by atoms with van der Waals surface area (Å²) in [5.41, 5.74) is 4.11. The minimum atomic E-state index is -4.45. The number of alkyl halides is 3. The number of hydrogen-bond acceptors (Lipinski definition) is 3. The molecule has 2 N–H and O–H groups in total. The Kier molecular flexibility index (Phi) is 2.95. The highest BCUT2D eigenvalue weighted by Crippen LogP contribution is 2.32. The van der Waals surface area contributed by atoms with Crippen LogP contribution in [-0.4, -0.2) is 12.1 Å². The Balaban J connectivity index is 3.22. The molecule has 0 saturated carbocycles. The van der Waals surface area contributed by atoms with Crippen molar-refractivity contribution in [2.45, 2.75) is 12.7 Å². The van der Waals surface area contributed by atoms with Gasteiger partial charge >= 0.3 is 6.18 Å². The van der Waals surface area contributed by atoms with Gasteiger partial charge in [-0.1, -0.05) is 0 Å². The first-order chi connectivity index (χ1) is 6.49. The van der Waals surface area contributed by atoms with Crippen LogP contribution in [0.25, 0.3) is 0 Å². The number of rotatable bonds is 2. The largest absolute Gasteiger partial charge is 0.495 e. The van der Waals surface area contributed by atoms with Gasteiger partial charge in [-0.15, -0.1) is 0 Å². The third-order valence-corrected chi connectivity index (χ3v) is 1.68. The molecule has 0 aromatic carbocycles. The monoisotopic (exact) mass is 206 g/mol. The molecule has 0 aliphatic carbocycles. The number of pyridine rings is 1. The van der Waals surface area contributed by atoms with Crippen LogP contribution in [0.15, 0.2) is 12.3 Å². The van der Waals surface area contributed by atoms with Gasteiger partial charge in [0.15, 0.2) is 0 Å². The molecule has 0 aliphatic rings. The zero-order valence-electron chi connectivity index (χ0n) is 7.43. The number of hydrogen-bond donors (Lipinski definition) is 1. The van der Waals surface area contributed by atoms with E-state index in [1.54, 1.807) is 0 Å². The van der Waals surface area contributed by atoms with Crippen molar-refractivity contribution in [1.82, 2.24) is 4.98 Å². The fourth-order valence-corrected chi connectivity index (χ4v) is 0.994. The molecule has 1 heterocycles. The van der Waals surface area contributed by atoms with Crippen molar-refractivity contribution < 1.29 is 17.9 Å². The summed E-state index contributed by atoms with van der Waals surface area (Å²) in [6.45, 7) is -0.251. The maximum absolute atomic E-state index is 12.4. The van der Waals surface area contributed by atoms with E-state index in [2.05, 4.69) is 9.72 Å². The minimum absolute atomic E-state index is 0.0644. The van der Waals surface area contributed by atoms with E-state index < -0.39 is 11.7 Å². The number of halogens is 3. The van der Waals surface area contributed by atoms with Gasteiger partial charge in [-0.05, 0) is 6.07 Å². The first-order valence-corrected chi connectivity index (χ1v) is 3.79. The molecule has 0 fully saturated rings. The summed E-state index contributed by atoms with van der Waals surface area (Å²) in [7, 11) is 1.28. The van der Waals surface area contributed by atoms with Gasteiger partial charge in [0.25, 0.3) is 0 Å². The van der Waals surface area contributed by atoms with Gasteiger partial charge in [0.1, 0.15) is 5.75 Å². The van der Waals surface area contributed by atoms with Crippen LogP contribution in [0.2, 0.25) is 0 Å². The molecule has 0 atom stereocenters. The Morgan fingerprint density at radius 3 is 2.57 bits per heavy atom. The summed E-state index contributed by atoms with van der Waals surface area (Å²) < 4.78 is 41.8. The molecule has 0 radical (unpaired) electrons. The summed E-state index contributed by atoms with van der Waals surface area (Å²) in [5.74, 6) is 0.0644. The van der Waals surface area contributed by atoms with E-state index in [4.69, 9.17) is 5.73 Å². The van der Waals surface area contributed by atoms with E-state index >= 15 is 0 Å². The van der Waals surface area contributed by atoms with Gasteiger partial charge < -0.3 is 10.5 Å². The van der Waals surface area contributed by atoms with Crippen molar-refractivity contribution in [3.05, 3.63) is 23.5 Å². The Bertz CT molecular complexity index is 325. The fourth-order valence-electron chi connectivity index (χ4n) is 0.994. The van der Waals surface area contributed by atoms with Gasteiger partial charge in [-0.3, -0.25) is 4.98 Å². The Hall–Kier alpha value is -1.30. The van der Waals surface area contributed by atoms with E-state index in [0.29, 0.717) is 0 Å². The van der Waals surface area contributed by atoms with Crippen molar-refractivity contribution in [3.63, 3.8) is 0 Å². The minimum Gasteiger partial charge on any atom is -0.495 e. The number of ether oxygens (including phenoxy) is 1. The average molecular weight is 206 g/mol. The molecule has 14 heavy (non-hydrogen) atoms. The van der Waals surface area contributed by atoms with Crippen LogP contribution in [0.4, 0.5) is 13.2 Å². The van der Waals surface area contributed by atoms with Crippen molar-refractivity contribution in [2.75, 3.05) is 7.11 Å². The van der Waals surface area contributed by atoms with Gasteiger partial charge in [0.05, 0.1) is 24.6 Å². The van der Waals surface area contributed by atoms with Crippen LogP contribution in [-0.2, 0) is 12.7 Å². The maximum Gasteiger partial charge on any atom is 0.418 e. The van der Waals surface area contributed by atoms with E-state index in [1.165, 1.54) is 13.3 Å². The topological polar surface area (TPSA) is 48.1 Å². The van der Waals surface area contributed by atoms with Crippen LogP contribution in [0.5, 0.6) is 5.75 Å². The highest BCUT2D eigenvalue weighted by Gasteiger charge is 2.34. The van der Waals surface area contributed by atoms with E-state index in [-0.39, 0.29) is 18.0 Å². The van der Waals surface area contributed by atoms with Crippen molar-refractivity contribution in [2.24, 2.45) is 5.73 Å². The van der Waals surface area contributed by atoms with E-state index in [9.17, 15) is 13.2 Å². The van der Waals surface area contributed by atoms with E-state index in [1.807, 2.05) is 0 Å². The molecule has 78 valence electrons. The molecule has 1 aromatic rings. The molecule has 0 unspecified atom stereocenters. The van der Waals surface area contributed by atoms with Crippen molar-refractivity contribution >= 4 is 0 Å². The second-order valence-corrected chi connectivity index (χ2v) is 2.57. The van der Waals surface area contributed by atoms with Gasteiger partial charge in [-0.25, -0.2) is 0 Å². The molecule has 0 amide bonds. The number of nitrogens with two attached hydrogens (primary N) is 1. The van der Waals surface area contributed by atoms with E-state index in [0.717, 1.165) is 6.07 Å². The molecule has 6 heteroatoms. The Labute approximate surface area is 78.7 Å². The third-order valence-electron chi connectivity index (χ3n) is 1.68. The lowest BCUT2D eigenvalue weighted by atomic mass is 10.2. The first-order valence-electron chi connectivity index (χ1n) is 3.79. The predicted octanol–water partition coefficient (Wildman–Crippen LogP) is 1.57. The number of aromatic nitrogens is 1. The highest BCUT2D eigenvalue weighted by molar-refractivity contribution is 5.31. The van der Waals surface area contributed by atoms with Crippen LogP contribution >= 0.6 is 0 Å². The fraction of sp³-hybridized carbons (Fsp3) is 0.375. The van der Waals surface area contributed by atoms with Crippen LogP contribution in [0.1, 0.15) is 11.3 Å². The molecule has 0 bridgehead atoms. The third kappa shape index (κ3) is 2.14. The molecule has 1 rings (SSSR count). The maximum atomic E-state index is 12.4. The van der Waals surface area contributed by atoms with Crippen LogP contribution in [0, 0.1) is 0 Å². The summed E-state index contributed by atoms with van der Waals surface area (Å²) in [6, 6.07) is 0.884. The van der Waals surface area contributed by atoms with Crippen LogP contribution in [0.3, 0.4) is 0 Å². The van der Waals surface area contributed by atoms with Crippen LogP contribution < -0.4 is 10.5 Å². The molecule has 1 aromatic heterocycles. The molecule has 0 spiro atoms. The van der Waals surface area contributed by atoms with Crippen molar-refractivity contribution in [3.8, 4) is 5.75 Å². The number of methoxy groups -OCH3 is 1. The SMILES string of the molecule is COc1cnc(CN)c(C(F)(F)F)c1. The molecule has 0 aliphatic heterocycles. The van der Waals surface area contributed by atoms with Crippen molar-refractivity contribution in [1.29, 1.82) is 0 Å². The lowest BCUT2D eigenvalue weighted by molar-refractivity contribution is -0.138. The number of nitrogens with zero attached hydrogens (tertiary/aromatic N) is 1. The quantitative estimate of drug-likeness (QED) is 0.798. The summed E-state index contributed by atoms with van der Waals surface area (Å²) in [5, 5.41) is 0. The second kappa shape index (κ2) is 3.83. The van der Waals surface area contributed by atoms with Gasteiger partial charge in [0, 0.05) is 6.54 Å². The zero-order valence-corrected chi connectivity index (χ0v) is 7.43. The molecular weight excluding hydrogens is 197 g/mol. The average Bonchev–Trinajstić information content (AvgIpc) is 2.15. The lowest BCUT2D eigenvalue weighted by Crippen LogP contribution is -2.13. The van der Waals surface area contributed by atoms with Gasteiger partial charge in [-0.2, -0.15) is 13.2 Å². The zero-order chi connectivity index (χ0) is 10.8. The molecule has 0 saturated heterocycles. The molecule has 3 nitrogen and oxygen atoms in total. The second-order valence-electron chi connectivity index (χ2n) is 2.57. The molecular formula is C8H9F3N2O. The van der Waals surface area contributed by atoms with Gasteiger partial charge in [0.2, 0.25) is 0 Å². The Morgan fingerprint density at radius 1 is 1.50 bits per heavy atom. The predicted molar refractivity (Wildman–Crippen MR) is 43.7 cm³/mol. The lowest BCUT2D eigenvalue weighted by Gasteiger charge is -2.11. The standard InChI is InChI=1S/C8H9F3N2O/c1-14-5-2-6(8(9,10)11)7(3-12)13-4-5/h2,4H,3,12H2,1H3. The summed E-state index contributed by atoms with van der Waals surface area (Å²) >= 11 is 0. The smallest absolute Gasteiger partial charge is 0.418 e. The highest BCUT2D eigenvalue weighted by atomic mass is 19.4. The Morgan fingerprint density at radius 2 is 2.14 bits per heavy atom. The summed E-state index contributed by atoms with van der Waals surface area (Å²) in [4.78, 5) is 3.56. The first kappa shape index (κ1) is 10.8. The summed E-state index contributed by atoms with van der Waals surface area (Å²) in [6.07, 6.45) is -3.24.